The van der Waals surface area contributed by atoms with E-state index in [9.17, 15) is 9.18 Å². The zero-order valence-corrected chi connectivity index (χ0v) is 15.7. The first-order chi connectivity index (χ1) is 12.0. The molecule has 1 aliphatic rings. The molecular formula is C17H21BrFN5O. The molecule has 1 saturated heterocycles. The summed E-state index contributed by atoms with van der Waals surface area (Å²) >= 11 is 3.31. The minimum Gasteiger partial charge on any atom is -0.381 e. The van der Waals surface area contributed by atoms with Crippen LogP contribution in [0.1, 0.15) is 0 Å². The molecule has 0 amide bonds. The van der Waals surface area contributed by atoms with Gasteiger partial charge in [0.25, 0.3) is 5.56 Å². The number of halogens is 2. The van der Waals surface area contributed by atoms with Crippen molar-refractivity contribution in [3.05, 3.63) is 51.1 Å². The molecule has 0 bridgehead atoms. The molecule has 2 aromatic rings. The van der Waals surface area contributed by atoms with Crippen molar-refractivity contribution in [1.29, 1.82) is 0 Å². The summed E-state index contributed by atoms with van der Waals surface area (Å²) in [6.07, 6.45) is 1.65. The second-order valence-corrected chi connectivity index (χ2v) is 6.83. The minimum atomic E-state index is -0.204. The zero-order valence-electron chi connectivity index (χ0n) is 14.1. The number of nitrogens with zero attached hydrogens (tertiary/aromatic N) is 4. The van der Waals surface area contributed by atoms with Gasteiger partial charge in [0, 0.05) is 52.0 Å². The van der Waals surface area contributed by atoms with Gasteiger partial charge in [-0.15, -0.1) is 0 Å². The Balaban J connectivity index is 1.46. The summed E-state index contributed by atoms with van der Waals surface area (Å²) in [6.45, 7) is 5.37. The van der Waals surface area contributed by atoms with Gasteiger partial charge >= 0.3 is 0 Å². The van der Waals surface area contributed by atoms with E-state index in [-0.39, 0.29) is 11.4 Å². The molecule has 1 fully saturated rings. The number of hydrogen-bond donors (Lipinski definition) is 1. The molecule has 0 saturated carbocycles. The quantitative estimate of drug-likeness (QED) is 0.817. The SMILES string of the molecule is Cn1ncc(NCCN2CCN(c3ccc(F)cc3)CC2)c(Br)c1=O. The number of piperazine rings is 1. The van der Waals surface area contributed by atoms with Gasteiger partial charge in [-0.1, -0.05) is 0 Å². The van der Waals surface area contributed by atoms with Crippen LogP contribution in [0.4, 0.5) is 15.8 Å². The predicted octanol–water partition coefficient (Wildman–Crippen LogP) is 1.92. The number of aryl methyl sites for hydroxylation is 1. The third kappa shape index (κ3) is 4.38. The molecule has 1 aliphatic heterocycles. The second-order valence-electron chi connectivity index (χ2n) is 6.03. The Labute approximate surface area is 154 Å². The normalized spacial score (nSPS) is 15.4. The van der Waals surface area contributed by atoms with Gasteiger partial charge in [0.1, 0.15) is 10.3 Å². The van der Waals surface area contributed by atoms with Gasteiger partial charge in [0.15, 0.2) is 0 Å². The van der Waals surface area contributed by atoms with E-state index in [4.69, 9.17) is 0 Å². The van der Waals surface area contributed by atoms with Crippen molar-refractivity contribution in [3.8, 4) is 0 Å². The summed E-state index contributed by atoms with van der Waals surface area (Å²) in [5.41, 5.74) is 1.63. The molecule has 0 spiro atoms. The molecule has 0 radical (unpaired) electrons. The topological polar surface area (TPSA) is 53.4 Å². The maximum atomic E-state index is 13.0. The van der Waals surface area contributed by atoms with Gasteiger partial charge in [0.2, 0.25) is 0 Å². The van der Waals surface area contributed by atoms with Crippen LogP contribution in [0.15, 0.2) is 39.7 Å². The van der Waals surface area contributed by atoms with E-state index in [0.29, 0.717) is 10.2 Å². The van der Waals surface area contributed by atoms with Crippen molar-refractivity contribution in [3.63, 3.8) is 0 Å². The van der Waals surface area contributed by atoms with Crippen LogP contribution >= 0.6 is 15.9 Å². The number of benzene rings is 1. The Kier molecular flexibility index (Phi) is 5.70. The monoisotopic (exact) mass is 409 g/mol. The average Bonchev–Trinajstić information content (AvgIpc) is 2.63. The van der Waals surface area contributed by atoms with E-state index in [0.717, 1.165) is 45.0 Å². The van der Waals surface area contributed by atoms with Crippen molar-refractivity contribution in [2.45, 2.75) is 0 Å². The van der Waals surface area contributed by atoms with Crippen LogP contribution < -0.4 is 15.8 Å². The first-order valence-corrected chi connectivity index (χ1v) is 9.02. The molecule has 3 rings (SSSR count). The summed E-state index contributed by atoms with van der Waals surface area (Å²) in [5, 5.41) is 7.28. The van der Waals surface area contributed by atoms with Crippen molar-refractivity contribution in [2.75, 3.05) is 49.5 Å². The smallest absolute Gasteiger partial charge is 0.282 e. The number of rotatable bonds is 5. The van der Waals surface area contributed by atoms with Crippen LogP contribution in [0.25, 0.3) is 0 Å². The number of anilines is 2. The van der Waals surface area contributed by atoms with E-state index in [2.05, 4.69) is 36.1 Å². The lowest BCUT2D eigenvalue weighted by molar-refractivity contribution is 0.267. The van der Waals surface area contributed by atoms with E-state index >= 15 is 0 Å². The van der Waals surface area contributed by atoms with E-state index in [1.807, 2.05) is 12.1 Å². The Hall–Kier alpha value is -1.93. The minimum absolute atomic E-state index is 0.155. The number of hydrogen-bond acceptors (Lipinski definition) is 5. The second kappa shape index (κ2) is 7.97. The third-order valence-corrected chi connectivity index (χ3v) is 5.15. The van der Waals surface area contributed by atoms with Crippen LogP contribution in [0, 0.1) is 5.82 Å². The molecular weight excluding hydrogens is 389 g/mol. The van der Waals surface area contributed by atoms with Crippen molar-refractivity contribution in [1.82, 2.24) is 14.7 Å². The lowest BCUT2D eigenvalue weighted by atomic mass is 10.2. The summed E-state index contributed by atoms with van der Waals surface area (Å²) in [5.74, 6) is -0.204. The average molecular weight is 410 g/mol. The fourth-order valence-corrected chi connectivity index (χ4v) is 3.36. The van der Waals surface area contributed by atoms with E-state index in [1.54, 1.807) is 13.2 Å². The zero-order chi connectivity index (χ0) is 17.8. The molecule has 134 valence electrons. The highest BCUT2D eigenvalue weighted by Gasteiger charge is 2.17. The maximum absolute atomic E-state index is 13.0. The highest BCUT2D eigenvalue weighted by molar-refractivity contribution is 9.10. The fraction of sp³-hybridized carbons (Fsp3) is 0.412. The van der Waals surface area contributed by atoms with Gasteiger partial charge in [-0.3, -0.25) is 9.69 Å². The molecule has 1 N–H and O–H groups in total. The molecule has 0 aliphatic carbocycles. The number of aromatic nitrogens is 2. The van der Waals surface area contributed by atoms with Crippen LogP contribution in [0.3, 0.4) is 0 Å². The van der Waals surface area contributed by atoms with Gasteiger partial charge in [-0.25, -0.2) is 9.07 Å². The van der Waals surface area contributed by atoms with Gasteiger partial charge in [0.05, 0.1) is 11.9 Å². The molecule has 0 atom stereocenters. The molecule has 1 aromatic carbocycles. The van der Waals surface area contributed by atoms with Crippen molar-refractivity contribution in [2.24, 2.45) is 7.05 Å². The standard InChI is InChI=1S/C17H21BrFN5O/c1-22-17(25)16(18)15(12-21-22)20-6-7-23-8-10-24(11-9-23)14-4-2-13(19)3-5-14/h2-5,12,20H,6-11H2,1H3. The van der Waals surface area contributed by atoms with Crippen LogP contribution in [0.2, 0.25) is 0 Å². The first kappa shape index (κ1) is 17.9. The lowest BCUT2D eigenvalue weighted by Gasteiger charge is -2.36. The molecule has 25 heavy (non-hydrogen) atoms. The Morgan fingerprint density at radius 1 is 1.20 bits per heavy atom. The van der Waals surface area contributed by atoms with Gasteiger partial charge in [-0.2, -0.15) is 5.10 Å². The Bertz CT molecular complexity index is 772. The summed E-state index contributed by atoms with van der Waals surface area (Å²) < 4.78 is 14.8. The van der Waals surface area contributed by atoms with Crippen LogP contribution in [-0.2, 0) is 7.05 Å². The maximum Gasteiger partial charge on any atom is 0.282 e. The molecule has 1 aromatic heterocycles. The summed E-state index contributed by atoms with van der Waals surface area (Å²) in [6, 6.07) is 6.66. The highest BCUT2D eigenvalue weighted by atomic mass is 79.9. The largest absolute Gasteiger partial charge is 0.381 e. The highest BCUT2D eigenvalue weighted by Crippen LogP contribution is 2.17. The molecule has 6 nitrogen and oxygen atoms in total. The molecule has 2 heterocycles. The van der Waals surface area contributed by atoms with Crippen LogP contribution in [0.5, 0.6) is 0 Å². The van der Waals surface area contributed by atoms with Gasteiger partial charge in [-0.05, 0) is 40.2 Å². The molecule has 0 unspecified atom stereocenters. The Morgan fingerprint density at radius 3 is 2.56 bits per heavy atom. The summed E-state index contributed by atoms with van der Waals surface area (Å²) in [7, 11) is 1.62. The predicted molar refractivity (Wildman–Crippen MR) is 101 cm³/mol. The van der Waals surface area contributed by atoms with Crippen molar-refractivity contribution < 1.29 is 4.39 Å². The molecule has 8 heteroatoms. The number of nitrogens with one attached hydrogen (secondary N) is 1. The lowest BCUT2D eigenvalue weighted by Crippen LogP contribution is -2.47. The van der Waals surface area contributed by atoms with Crippen LogP contribution in [-0.4, -0.2) is 53.9 Å². The first-order valence-electron chi connectivity index (χ1n) is 8.23. The summed E-state index contributed by atoms with van der Waals surface area (Å²) in [4.78, 5) is 16.5. The third-order valence-electron chi connectivity index (χ3n) is 4.39. The fourth-order valence-electron chi connectivity index (χ4n) is 2.86. The van der Waals surface area contributed by atoms with E-state index < -0.39 is 0 Å². The van der Waals surface area contributed by atoms with Crippen molar-refractivity contribution >= 4 is 27.3 Å². The van der Waals surface area contributed by atoms with Gasteiger partial charge < -0.3 is 10.2 Å². The van der Waals surface area contributed by atoms with E-state index in [1.165, 1.54) is 16.8 Å². The Morgan fingerprint density at radius 2 is 1.88 bits per heavy atom.